The summed E-state index contributed by atoms with van der Waals surface area (Å²) in [5.74, 6) is 0.816. The van der Waals surface area contributed by atoms with Crippen LogP contribution in [0.2, 0.25) is 0 Å². The number of carbonyl (C=O) groups excluding carboxylic acids is 1. The van der Waals surface area contributed by atoms with Crippen molar-refractivity contribution in [2.45, 2.75) is 50.7 Å². The van der Waals surface area contributed by atoms with Gasteiger partial charge >= 0.3 is 0 Å². The van der Waals surface area contributed by atoms with Crippen LogP contribution in [0.3, 0.4) is 0 Å². The van der Waals surface area contributed by atoms with Gasteiger partial charge in [-0.05, 0) is 80.1 Å². The van der Waals surface area contributed by atoms with Crippen molar-refractivity contribution in [3.8, 4) is 0 Å². The molecular formula is C26H31N5O. The van der Waals surface area contributed by atoms with E-state index in [1.54, 1.807) is 0 Å². The highest BCUT2D eigenvalue weighted by atomic mass is 16.2. The van der Waals surface area contributed by atoms with E-state index in [1.807, 2.05) is 6.20 Å². The fourth-order valence-electron chi connectivity index (χ4n) is 5.78. The van der Waals surface area contributed by atoms with Crippen LogP contribution >= 0.6 is 0 Å². The Kier molecular flexibility index (Phi) is 5.20. The smallest absolute Gasteiger partial charge is 0.254 e. The Labute approximate surface area is 189 Å². The lowest BCUT2D eigenvalue weighted by Crippen LogP contribution is -2.46. The summed E-state index contributed by atoms with van der Waals surface area (Å²) in [5.41, 5.74) is 6.02. The molecule has 3 aromatic rings. The van der Waals surface area contributed by atoms with Crippen molar-refractivity contribution in [2.75, 3.05) is 26.2 Å². The number of nitrogens with one attached hydrogen (secondary N) is 2. The molecule has 4 heterocycles. The molecule has 3 aliphatic rings. The average molecular weight is 430 g/mol. The Morgan fingerprint density at radius 3 is 2.81 bits per heavy atom. The van der Waals surface area contributed by atoms with Gasteiger partial charge in [0, 0.05) is 36.6 Å². The maximum absolute atomic E-state index is 12.9. The highest BCUT2D eigenvalue weighted by Crippen LogP contribution is 2.33. The number of nitrogens with zero attached hydrogens (tertiary/aromatic N) is 3. The number of piperidine rings is 2. The molecule has 2 fully saturated rings. The van der Waals surface area contributed by atoms with Crippen LogP contribution in [0.15, 0.2) is 42.6 Å². The second kappa shape index (κ2) is 8.34. The molecule has 0 radical (unpaired) electrons. The predicted molar refractivity (Wildman–Crippen MR) is 126 cm³/mol. The van der Waals surface area contributed by atoms with Crippen molar-refractivity contribution in [1.82, 2.24) is 25.3 Å². The van der Waals surface area contributed by atoms with Gasteiger partial charge in [-0.15, -0.1) is 0 Å². The molecule has 6 heteroatoms. The first-order valence-electron chi connectivity index (χ1n) is 12.0. The third kappa shape index (κ3) is 3.71. The molecule has 0 bridgehead atoms. The van der Waals surface area contributed by atoms with Crippen LogP contribution in [-0.4, -0.2) is 58.1 Å². The van der Waals surface area contributed by atoms with Crippen molar-refractivity contribution in [3.63, 3.8) is 0 Å². The van der Waals surface area contributed by atoms with Gasteiger partial charge in [-0.2, -0.15) is 5.10 Å². The van der Waals surface area contributed by atoms with E-state index < -0.39 is 0 Å². The van der Waals surface area contributed by atoms with Crippen molar-refractivity contribution >= 4 is 16.8 Å². The number of carbonyl (C=O) groups is 1. The molecule has 1 aromatic heterocycles. The molecule has 0 aliphatic carbocycles. The van der Waals surface area contributed by atoms with Crippen LogP contribution in [0.1, 0.15) is 58.6 Å². The predicted octanol–water partition coefficient (Wildman–Crippen LogP) is 3.65. The quantitative estimate of drug-likeness (QED) is 0.665. The SMILES string of the molecule is O=C1c2ccc(C3CCN(Cc4ccc5cn[nH]c5c4)CC3)cc2CN1C1CCCNC1. The number of fused-ring (bicyclic) bond motifs is 2. The molecular weight excluding hydrogens is 398 g/mol. The fourth-order valence-corrected chi connectivity index (χ4v) is 5.78. The van der Waals surface area contributed by atoms with Crippen LogP contribution in [-0.2, 0) is 13.1 Å². The molecule has 0 saturated carbocycles. The van der Waals surface area contributed by atoms with Gasteiger partial charge in [0.1, 0.15) is 0 Å². The van der Waals surface area contributed by atoms with Gasteiger partial charge in [-0.3, -0.25) is 14.8 Å². The minimum atomic E-state index is 0.226. The summed E-state index contributed by atoms with van der Waals surface area (Å²) in [7, 11) is 0. The van der Waals surface area contributed by atoms with E-state index in [9.17, 15) is 4.79 Å². The third-order valence-corrected chi connectivity index (χ3v) is 7.64. The van der Waals surface area contributed by atoms with Crippen LogP contribution < -0.4 is 5.32 Å². The maximum atomic E-state index is 12.9. The number of amides is 1. The standard InChI is InChI=1S/C26H31N5O/c32-26-24-6-5-20(13-22(24)17-31(26)23-2-1-9-27-15-23)19-7-10-30(11-8-19)16-18-3-4-21-14-28-29-25(21)12-18/h3-6,12-14,19,23,27H,1-2,7-11,15-17H2,(H,28,29). The van der Waals surface area contributed by atoms with E-state index in [-0.39, 0.29) is 5.91 Å². The van der Waals surface area contributed by atoms with Gasteiger partial charge in [0.15, 0.2) is 0 Å². The Bertz CT molecular complexity index is 1120. The van der Waals surface area contributed by atoms with E-state index in [1.165, 1.54) is 34.9 Å². The van der Waals surface area contributed by atoms with Crippen LogP contribution in [0.25, 0.3) is 10.9 Å². The number of aromatic amines is 1. The second-order valence-corrected chi connectivity index (χ2v) is 9.69. The van der Waals surface area contributed by atoms with Gasteiger partial charge in [-0.1, -0.05) is 24.3 Å². The van der Waals surface area contributed by atoms with E-state index in [4.69, 9.17) is 0 Å². The average Bonchev–Trinajstić information content (AvgIpc) is 3.44. The summed E-state index contributed by atoms with van der Waals surface area (Å²) < 4.78 is 0. The zero-order valence-electron chi connectivity index (χ0n) is 18.5. The first kappa shape index (κ1) is 19.9. The summed E-state index contributed by atoms with van der Waals surface area (Å²) in [4.78, 5) is 17.6. The van der Waals surface area contributed by atoms with E-state index in [0.717, 1.165) is 63.2 Å². The highest BCUT2D eigenvalue weighted by molar-refractivity contribution is 5.98. The summed E-state index contributed by atoms with van der Waals surface area (Å²) in [6.07, 6.45) is 6.50. The Hall–Kier alpha value is -2.70. The number of H-pyrrole nitrogens is 1. The lowest BCUT2D eigenvalue weighted by Gasteiger charge is -2.32. The van der Waals surface area contributed by atoms with Crippen LogP contribution in [0.5, 0.6) is 0 Å². The third-order valence-electron chi connectivity index (χ3n) is 7.64. The van der Waals surface area contributed by atoms with Gasteiger partial charge in [0.25, 0.3) is 5.91 Å². The molecule has 166 valence electrons. The lowest BCUT2D eigenvalue weighted by molar-refractivity contribution is 0.0674. The van der Waals surface area contributed by atoms with Gasteiger partial charge in [-0.25, -0.2) is 0 Å². The van der Waals surface area contributed by atoms with Crippen LogP contribution in [0, 0.1) is 0 Å². The summed E-state index contributed by atoms with van der Waals surface area (Å²) in [6.45, 7) is 6.00. The van der Waals surface area contributed by atoms with Crippen molar-refractivity contribution < 1.29 is 4.79 Å². The number of hydrogen-bond donors (Lipinski definition) is 2. The van der Waals surface area contributed by atoms with Crippen molar-refractivity contribution in [1.29, 1.82) is 0 Å². The summed E-state index contributed by atoms with van der Waals surface area (Å²) in [5, 5.41) is 11.8. The molecule has 2 saturated heterocycles. The molecule has 0 spiro atoms. The highest BCUT2D eigenvalue weighted by Gasteiger charge is 2.34. The van der Waals surface area contributed by atoms with Gasteiger partial charge in [0.05, 0.1) is 11.7 Å². The number of rotatable bonds is 4. The molecule has 1 atom stereocenters. The maximum Gasteiger partial charge on any atom is 0.254 e. The molecule has 6 rings (SSSR count). The number of likely N-dealkylation sites (tertiary alicyclic amines) is 1. The number of benzene rings is 2. The minimum Gasteiger partial charge on any atom is -0.330 e. The molecule has 1 unspecified atom stereocenters. The van der Waals surface area contributed by atoms with Crippen molar-refractivity contribution in [2.24, 2.45) is 0 Å². The fraction of sp³-hybridized carbons (Fsp3) is 0.462. The second-order valence-electron chi connectivity index (χ2n) is 9.69. The van der Waals surface area contributed by atoms with Crippen LogP contribution in [0.4, 0.5) is 0 Å². The zero-order valence-corrected chi connectivity index (χ0v) is 18.5. The van der Waals surface area contributed by atoms with Gasteiger partial charge in [0.2, 0.25) is 0 Å². The van der Waals surface area contributed by atoms with Gasteiger partial charge < -0.3 is 10.2 Å². The number of hydrogen-bond acceptors (Lipinski definition) is 4. The first-order chi connectivity index (χ1) is 15.7. The monoisotopic (exact) mass is 429 g/mol. The number of aromatic nitrogens is 2. The normalized spacial score (nSPS) is 22.6. The molecule has 2 N–H and O–H groups in total. The Morgan fingerprint density at radius 1 is 1.06 bits per heavy atom. The lowest BCUT2D eigenvalue weighted by atomic mass is 9.87. The van der Waals surface area contributed by atoms with E-state index in [0.29, 0.717) is 12.0 Å². The molecule has 1 amide bonds. The largest absolute Gasteiger partial charge is 0.330 e. The Morgan fingerprint density at radius 2 is 1.97 bits per heavy atom. The first-order valence-corrected chi connectivity index (χ1v) is 12.0. The van der Waals surface area contributed by atoms with E-state index >= 15 is 0 Å². The van der Waals surface area contributed by atoms with Crippen molar-refractivity contribution in [3.05, 3.63) is 64.8 Å². The van der Waals surface area contributed by atoms with E-state index in [2.05, 4.69) is 61.7 Å². The molecule has 32 heavy (non-hydrogen) atoms. The topological polar surface area (TPSA) is 64.3 Å². The zero-order chi connectivity index (χ0) is 21.5. The minimum absolute atomic E-state index is 0.226. The molecule has 6 nitrogen and oxygen atoms in total. The molecule has 2 aromatic carbocycles. The molecule has 3 aliphatic heterocycles. The summed E-state index contributed by atoms with van der Waals surface area (Å²) >= 11 is 0. The summed E-state index contributed by atoms with van der Waals surface area (Å²) in [6, 6.07) is 13.6. The Balaban J connectivity index is 1.09.